The highest BCUT2D eigenvalue weighted by molar-refractivity contribution is 5.97. The second-order valence-corrected chi connectivity index (χ2v) is 5.76. The Kier molecular flexibility index (Phi) is 5.18. The maximum absolute atomic E-state index is 12.0. The van der Waals surface area contributed by atoms with E-state index in [1.807, 2.05) is 42.5 Å². The molecule has 1 aliphatic heterocycles. The van der Waals surface area contributed by atoms with Gasteiger partial charge in [-0.15, -0.1) is 0 Å². The lowest BCUT2D eigenvalue weighted by Gasteiger charge is -2.25. The monoisotopic (exact) mass is 340 g/mol. The van der Waals surface area contributed by atoms with Crippen molar-refractivity contribution in [2.75, 3.05) is 19.0 Å². The van der Waals surface area contributed by atoms with Gasteiger partial charge in [0, 0.05) is 13.0 Å². The maximum atomic E-state index is 12.0. The molecule has 1 unspecified atom stereocenters. The van der Waals surface area contributed by atoms with Crippen LogP contribution in [0.15, 0.2) is 48.5 Å². The highest BCUT2D eigenvalue weighted by atomic mass is 16.5. The van der Waals surface area contributed by atoms with E-state index in [4.69, 9.17) is 9.47 Å². The van der Waals surface area contributed by atoms with E-state index in [9.17, 15) is 9.59 Å². The molecule has 1 heterocycles. The molecule has 1 atom stereocenters. The SMILES string of the molecule is COc1ccc(CC(=O)NCCC2Oc3ccccc3NC2=O)cc1. The molecule has 0 saturated carbocycles. The summed E-state index contributed by atoms with van der Waals surface area (Å²) in [6, 6.07) is 14.6. The van der Waals surface area contributed by atoms with Gasteiger partial charge < -0.3 is 20.1 Å². The molecule has 6 heteroatoms. The van der Waals surface area contributed by atoms with Crippen molar-refractivity contribution < 1.29 is 19.1 Å². The second kappa shape index (κ2) is 7.70. The second-order valence-electron chi connectivity index (χ2n) is 5.76. The summed E-state index contributed by atoms with van der Waals surface area (Å²) in [6.45, 7) is 0.370. The van der Waals surface area contributed by atoms with Gasteiger partial charge in [-0.25, -0.2) is 0 Å². The predicted octanol–water partition coefficient (Wildman–Crippen LogP) is 2.14. The van der Waals surface area contributed by atoms with Crippen molar-refractivity contribution in [1.29, 1.82) is 0 Å². The lowest BCUT2D eigenvalue weighted by molar-refractivity contribution is -0.124. The van der Waals surface area contributed by atoms with Gasteiger partial charge in [0.1, 0.15) is 11.5 Å². The van der Waals surface area contributed by atoms with E-state index in [1.54, 1.807) is 13.2 Å². The van der Waals surface area contributed by atoms with E-state index in [-0.39, 0.29) is 18.2 Å². The van der Waals surface area contributed by atoms with Gasteiger partial charge in [-0.05, 0) is 29.8 Å². The first-order chi connectivity index (χ1) is 12.2. The fraction of sp³-hybridized carbons (Fsp3) is 0.263. The van der Waals surface area contributed by atoms with Crippen molar-refractivity contribution in [2.45, 2.75) is 18.9 Å². The van der Waals surface area contributed by atoms with Crippen molar-refractivity contribution in [2.24, 2.45) is 0 Å². The van der Waals surface area contributed by atoms with Gasteiger partial charge in [-0.3, -0.25) is 9.59 Å². The summed E-state index contributed by atoms with van der Waals surface area (Å²) >= 11 is 0. The third-order valence-electron chi connectivity index (χ3n) is 3.96. The van der Waals surface area contributed by atoms with Crippen LogP contribution in [0.4, 0.5) is 5.69 Å². The highest BCUT2D eigenvalue weighted by Gasteiger charge is 2.26. The Balaban J connectivity index is 1.46. The van der Waals surface area contributed by atoms with Crippen molar-refractivity contribution >= 4 is 17.5 Å². The third kappa shape index (κ3) is 4.29. The van der Waals surface area contributed by atoms with E-state index >= 15 is 0 Å². The first-order valence-electron chi connectivity index (χ1n) is 8.12. The number of fused-ring (bicyclic) bond motifs is 1. The van der Waals surface area contributed by atoms with Crippen molar-refractivity contribution in [3.63, 3.8) is 0 Å². The Labute approximate surface area is 146 Å². The standard InChI is InChI=1S/C19H20N2O4/c1-24-14-8-6-13(7-9-14)12-18(22)20-11-10-17-19(23)21-15-4-2-3-5-16(15)25-17/h2-9,17H,10-12H2,1H3,(H,20,22)(H,21,23). The van der Waals surface area contributed by atoms with Crippen LogP contribution < -0.4 is 20.1 Å². The summed E-state index contributed by atoms with van der Waals surface area (Å²) in [7, 11) is 1.60. The maximum Gasteiger partial charge on any atom is 0.265 e. The predicted molar refractivity (Wildman–Crippen MR) is 93.8 cm³/mol. The molecule has 0 saturated heterocycles. The number of rotatable bonds is 6. The number of hydrogen-bond donors (Lipinski definition) is 2. The fourth-order valence-electron chi connectivity index (χ4n) is 2.62. The molecule has 2 N–H and O–H groups in total. The van der Waals surface area contributed by atoms with Crippen LogP contribution in [-0.4, -0.2) is 31.6 Å². The molecule has 25 heavy (non-hydrogen) atoms. The molecular weight excluding hydrogens is 320 g/mol. The highest BCUT2D eigenvalue weighted by Crippen LogP contribution is 2.29. The van der Waals surface area contributed by atoms with Crippen molar-refractivity contribution in [3.8, 4) is 11.5 Å². The molecule has 6 nitrogen and oxygen atoms in total. The fourth-order valence-corrected chi connectivity index (χ4v) is 2.62. The largest absolute Gasteiger partial charge is 0.497 e. The van der Waals surface area contributed by atoms with Crippen LogP contribution in [0.2, 0.25) is 0 Å². The van der Waals surface area contributed by atoms with Gasteiger partial charge in [-0.2, -0.15) is 0 Å². The molecule has 0 fully saturated rings. The average Bonchev–Trinajstić information content (AvgIpc) is 2.63. The minimum atomic E-state index is -0.601. The minimum Gasteiger partial charge on any atom is -0.497 e. The van der Waals surface area contributed by atoms with Gasteiger partial charge in [0.05, 0.1) is 19.2 Å². The summed E-state index contributed by atoms with van der Waals surface area (Å²) in [5, 5.41) is 5.63. The van der Waals surface area contributed by atoms with E-state index in [1.165, 1.54) is 0 Å². The Morgan fingerprint density at radius 1 is 1.20 bits per heavy atom. The molecule has 3 rings (SSSR count). The first kappa shape index (κ1) is 16.8. The molecule has 0 aliphatic carbocycles. The molecule has 1 aliphatic rings. The van der Waals surface area contributed by atoms with Gasteiger partial charge in [0.15, 0.2) is 6.10 Å². The summed E-state index contributed by atoms with van der Waals surface area (Å²) in [4.78, 5) is 24.0. The van der Waals surface area contributed by atoms with Crippen LogP contribution in [0.25, 0.3) is 0 Å². The van der Waals surface area contributed by atoms with Gasteiger partial charge in [0.25, 0.3) is 5.91 Å². The van der Waals surface area contributed by atoms with E-state index in [0.717, 1.165) is 11.3 Å². The summed E-state index contributed by atoms with van der Waals surface area (Å²) in [5.41, 5.74) is 1.58. The number of para-hydroxylation sites is 2. The summed E-state index contributed by atoms with van der Waals surface area (Å²) in [6.07, 6.45) is 0.0928. The van der Waals surface area contributed by atoms with E-state index in [2.05, 4.69) is 10.6 Å². The van der Waals surface area contributed by atoms with Crippen LogP contribution in [0.5, 0.6) is 11.5 Å². The molecule has 2 amide bonds. The zero-order valence-corrected chi connectivity index (χ0v) is 14.0. The van der Waals surface area contributed by atoms with E-state index < -0.39 is 6.10 Å². The molecule has 0 aromatic heterocycles. The summed E-state index contributed by atoms with van der Waals surface area (Å²) < 4.78 is 10.8. The smallest absolute Gasteiger partial charge is 0.265 e. The molecular formula is C19H20N2O4. The van der Waals surface area contributed by atoms with Crippen molar-refractivity contribution in [1.82, 2.24) is 5.32 Å². The van der Waals surface area contributed by atoms with Crippen LogP contribution in [0, 0.1) is 0 Å². The normalized spacial score (nSPS) is 15.6. The number of carbonyl (C=O) groups excluding carboxylic acids is 2. The quantitative estimate of drug-likeness (QED) is 0.845. The van der Waals surface area contributed by atoms with Crippen molar-refractivity contribution in [3.05, 3.63) is 54.1 Å². The number of amides is 2. The number of carbonyl (C=O) groups is 2. The molecule has 130 valence electrons. The number of benzene rings is 2. The van der Waals surface area contributed by atoms with Gasteiger partial charge in [0.2, 0.25) is 5.91 Å². The Hall–Kier alpha value is -3.02. The number of ether oxygens (including phenoxy) is 2. The third-order valence-corrected chi connectivity index (χ3v) is 3.96. The zero-order chi connectivity index (χ0) is 17.6. The van der Waals surface area contributed by atoms with Crippen LogP contribution in [0.3, 0.4) is 0 Å². The number of nitrogens with one attached hydrogen (secondary N) is 2. The topological polar surface area (TPSA) is 76.7 Å². The Morgan fingerprint density at radius 2 is 1.96 bits per heavy atom. The van der Waals surface area contributed by atoms with Crippen LogP contribution in [0.1, 0.15) is 12.0 Å². The first-order valence-corrected chi connectivity index (χ1v) is 8.12. The molecule has 0 spiro atoms. The van der Waals surface area contributed by atoms with E-state index in [0.29, 0.717) is 24.4 Å². The molecule has 2 aromatic rings. The average molecular weight is 340 g/mol. The van der Waals surface area contributed by atoms with Gasteiger partial charge >= 0.3 is 0 Å². The Morgan fingerprint density at radius 3 is 2.72 bits per heavy atom. The number of hydrogen-bond acceptors (Lipinski definition) is 4. The minimum absolute atomic E-state index is 0.0956. The summed E-state index contributed by atoms with van der Waals surface area (Å²) in [5.74, 6) is 1.12. The Bertz CT molecular complexity index is 758. The van der Waals surface area contributed by atoms with Crippen LogP contribution in [-0.2, 0) is 16.0 Å². The van der Waals surface area contributed by atoms with Crippen LogP contribution >= 0.6 is 0 Å². The molecule has 2 aromatic carbocycles. The zero-order valence-electron chi connectivity index (χ0n) is 14.0. The molecule has 0 radical (unpaired) electrons. The number of anilines is 1. The number of methoxy groups -OCH3 is 1. The molecule has 0 bridgehead atoms. The van der Waals surface area contributed by atoms with Gasteiger partial charge in [-0.1, -0.05) is 24.3 Å². The lowest BCUT2D eigenvalue weighted by atomic mass is 10.1. The lowest BCUT2D eigenvalue weighted by Crippen LogP contribution is -2.40.